The largest absolute Gasteiger partial charge is 0.486 e. The summed E-state index contributed by atoms with van der Waals surface area (Å²) in [6.45, 7) is 0.644. The van der Waals surface area contributed by atoms with Gasteiger partial charge in [0.25, 0.3) is 5.91 Å². The summed E-state index contributed by atoms with van der Waals surface area (Å²) in [6.07, 6.45) is 0. The van der Waals surface area contributed by atoms with Gasteiger partial charge in [-0.2, -0.15) is 0 Å². The van der Waals surface area contributed by atoms with E-state index in [-0.39, 0.29) is 6.61 Å². The van der Waals surface area contributed by atoms with Gasteiger partial charge < -0.3 is 19.5 Å². The topological polar surface area (TPSA) is 73.9 Å². The molecular weight excluding hydrogens is 306 g/mol. The maximum atomic E-state index is 11.8. The summed E-state index contributed by atoms with van der Waals surface area (Å²) in [7, 11) is 0. The van der Waals surface area contributed by atoms with Crippen LogP contribution in [0.15, 0.2) is 35.7 Å². The van der Waals surface area contributed by atoms with Crippen molar-refractivity contribution in [3.05, 3.63) is 40.6 Å². The Morgan fingerprint density at radius 1 is 1.18 bits per heavy atom. The number of ether oxygens (including phenoxy) is 3. The highest BCUT2D eigenvalue weighted by molar-refractivity contribution is 7.11. The molecule has 0 bridgehead atoms. The molecule has 0 saturated heterocycles. The fourth-order valence-corrected chi connectivity index (χ4v) is 2.53. The molecule has 2 heterocycles. The number of anilines is 1. The minimum absolute atomic E-state index is 0.342. The number of rotatable bonds is 4. The van der Waals surface area contributed by atoms with Crippen LogP contribution in [0.5, 0.6) is 11.5 Å². The van der Waals surface area contributed by atoms with E-state index in [4.69, 9.17) is 14.2 Å². The van der Waals surface area contributed by atoms with Crippen LogP contribution in [-0.4, -0.2) is 31.7 Å². The first kappa shape index (κ1) is 14.4. The number of hydrogen-bond acceptors (Lipinski definition) is 6. The van der Waals surface area contributed by atoms with Crippen LogP contribution in [0.2, 0.25) is 0 Å². The molecule has 1 aliphatic heterocycles. The summed E-state index contributed by atoms with van der Waals surface area (Å²) in [6, 6.07) is 8.49. The average Bonchev–Trinajstić information content (AvgIpc) is 3.07. The van der Waals surface area contributed by atoms with Gasteiger partial charge in [0.15, 0.2) is 18.1 Å². The smallest absolute Gasteiger partial charge is 0.348 e. The number of fused-ring (bicyclic) bond motifs is 1. The van der Waals surface area contributed by atoms with E-state index in [9.17, 15) is 9.59 Å². The van der Waals surface area contributed by atoms with Gasteiger partial charge in [-0.15, -0.1) is 11.3 Å². The van der Waals surface area contributed by atoms with Crippen LogP contribution in [-0.2, 0) is 9.53 Å². The van der Waals surface area contributed by atoms with Crippen LogP contribution in [0.3, 0.4) is 0 Å². The lowest BCUT2D eigenvalue weighted by Gasteiger charge is -2.18. The number of amides is 1. The summed E-state index contributed by atoms with van der Waals surface area (Å²) in [5.41, 5.74) is 0.557. The Kier molecular flexibility index (Phi) is 4.24. The van der Waals surface area contributed by atoms with E-state index >= 15 is 0 Å². The Balaban J connectivity index is 1.54. The second-order valence-corrected chi connectivity index (χ2v) is 5.41. The molecule has 0 saturated carbocycles. The van der Waals surface area contributed by atoms with Crippen LogP contribution < -0.4 is 14.8 Å². The Morgan fingerprint density at radius 2 is 2.00 bits per heavy atom. The van der Waals surface area contributed by atoms with E-state index in [0.29, 0.717) is 35.3 Å². The van der Waals surface area contributed by atoms with Crippen LogP contribution in [0.1, 0.15) is 9.67 Å². The van der Waals surface area contributed by atoms with E-state index in [1.54, 1.807) is 35.7 Å². The number of esters is 1. The maximum Gasteiger partial charge on any atom is 0.348 e. The van der Waals surface area contributed by atoms with E-state index in [1.807, 2.05) is 0 Å². The molecule has 0 radical (unpaired) electrons. The van der Waals surface area contributed by atoms with Gasteiger partial charge in [0.05, 0.1) is 0 Å². The van der Waals surface area contributed by atoms with Crippen molar-refractivity contribution in [2.75, 3.05) is 25.1 Å². The lowest BCUT2D eigenvalue weighted by Crippen LogP contribution is -2.21. The van der Waals surface area contributed by atoms with Crippen molar-refractivity contribution in [1.82, 2.24) is 0 Å². The van der Waals surface area contributed by atoms with Gasteiger partial charge in [0.2, 0.25) is 0 Å². The van der Waals surface area contributed by atoms with Gasteiger partial charge in [-0.3, -0.25) is 4.79 Å². The quantitative estimate of drug-likeness (QED) is 0.876. The molecular formula is C15H13NO5S. The third-order valence-corrected chi connectivity index (χ3v) is 3.73. The first-order valence-electron chi connectivity index (χ1n) is 6.62. The number of thiophene rings is 1. The van der Waals surface area contributed by atoms with Crippen LogP contribution in [0.25, 0.3) is 0 Å². The predicted octanol–water partition coefficient (Wildman–Crippen LogP) is 2.31. The minimum Gasteiger partial charge on any atom is -0.486 e. The lowest BCUT2D eigenvalue weighted by atomic mass is 10.2. The zero-order valence-corrected chi connectivity index (χ0v) is 12.4. The van der Waals surface area contributed by atoms with Gasteiger partial charge in [-0.25, -0.2) is 4.79 Å². The van der Waals surface area contributed by atoms with Crippen molar-refractivity contribution in [3.8, 4) is 11.5 Å². The van der Waals surface area contributed by atoms with Crippen molar-refractivity contribution >= 4 is 28.9 Å². The SMILES string of the molecule is O=C(COC(=O)c1cccs1)Nc1ccc2c(c1)OCCO2. The fourth-order valence-electron chi connectivity index (χ4n) is 1.92. The molecule has 2 aromatic rings. The zero-order chi connectivity index (χ0) is 15.4. The van der Waals surface area contributed by atoms with Gasteiger partial charge >= 0.3 is 5.97 Å². The summed E-state index contributed by atoms with van der Waals surface area (Å²) < 4.78 is 15.8. The number of nitrogens with one attached hydrogen (secondary N) is 1. The van der Waals surface area contributed by atoms with Crippen LogP contribution in [0, 0.1) is 0 Å². The Morgan fingerprint density at radius 3 is 2.77 bits per heavy atom. The predicted molar refractivity (Wildman–Crippen MR) is 80.7 cm³/mol. The second kappa shape index (κ2) is 6.48. The van der Waals surface area contributed by atoms with E-state index in [1.165, 1.54) is 11.3 Å². The molecule has 1 aromatic heterocycles. The molecule has 1 aliphatic rings. The Bertz CT molecular complexity index is 683. The molecule has 0 spiro atoms. The summed E-state index contributed by atoms with van der Waals surface area (Å²) in [5, 5.41) is 4.41. The number of hydrogen-bond donors (Lipinski definition) is 1. The zero-order valence-electron chi connectivity index (χ0n) is 11.5. The maximum absolute atomic E-state index is 11.8. The van der Waals surface area contributed by atoms with Crippen molar-refractivity contribution in [3.63, 3.8) is 0 Å². The summed E-state index contributed by atoms with van der Waals surface area (Å²) in [5.74, 6) is 0.307. The first-order valence-corrected chi connectivity index (χ1v) is 7.50. The molecule has 22 heavy (non-hydrogen) atoms. The van der Waals surface area contributed by atoms with Crippen molar-refractivity contribution in [2.45, 2.75) is 0 Å². The number of carbonyl (C=O) groups excluding carboxylic acids is 2. The standard InChI is InChI=1S/C15H13NO5S/c17-14(9-21-15(18)13-2-1-7-22-13)16-10-3-4-11-12(8-10)20-6-5-19-11/h1-4,7-8H,5-6,9H2,(H,16,17). The summed E-state index contributed by atoms with van der Waals surface area (Å²) >= 11 is 1.27. The molecule has 114 valence electrons. The lowest BCUT2D eigenvalue weighted by molar-refractivity contribution is -0.119. The molecule has 0 atom stereocenters. The third-order valence-electron chi connectivity index (χ3n) is 2.88. The van der Waals surface area contributed by atoms with E-state index in [2.05, 4.69) is 5.32 Å². The van der Waals surface area contributed by atoms with Crippen molar-refractivity contribution in [2.24, 2.45) is 0 Å². The summed E-state index contributed by atoms with van der Waals surface area (Å²) in [4.78, 5) is 23.9. The molecule has 0 fully saturated rings. The van der Waals surface area contributed by atoms with Gasteiger partial charge in [0, 0.05) is 11.8 Å². The monoisotopic (exact) mass is 319 g/mol. The molecule has 1 N–H and O–H groups in total. The normalized spacial score (nSPS) is 12.5. The van der Waals surface area contributed by atoms with Crippen LogP contribution in [0.4, 0.5) is 5.69 Å². The average molecular weight is 319 g/mol. The molecule has 1 amide bonds. The molecule has 3 rings (SSSR count). The highest BCUT2D eigenvalue weighted by atomic mass is 32.1. The fraction of sp³-hybridized carbons (Fsp3) is 0.200. The molecule has 7 heteroatoms. The Hall–Kier alpha value is -2.54. The van der Waals surface area contributed by atoms with E-state index in [0.717, 1.165) is 0 Å². The van der Waals surface area contributed by atoms with Crippen molar-refractivity contribution < 1.29 is 23.8 Å². The molecule has 6 nitrogen and oxygen atoms in total. The highest BCUT2D eigenvalue weighted by Crippen LogP contribution is 2.32. The van der Waals surface area contributed by atoms with Gasteiger partial charge in [-0.05, 0) is 23.6 Å². The third kappa shape index (κ3) is 3.37. The number of benzene rings is 1. The Labute approximate surface area is 130 Å². The van der Waals surface area contributed by atoms with Gasteiger partial charge in [0.1, 0.15) is 18.1 Å². The number of carbonyl (C=O) groups is 2. The van der Waals surface area contributed by atoms with E-state index < -0.39 is 11.9 Å². The molecule has 1 aromatic carbocycles. The molecule has 0 aliphatic carbocycles. The highest BCUT2D eigenvalue weighted by Gasteiger charge is 2.14. The minimum atomic E-state index is -0.507. The molecule has 0 unspecified atom stereocenters. The first-order chi connectivity index (χ1) is 10.7. The van der Waals surface area contributed by atoms with Gasteiger partial charge in [-0.1, -0.05) is 6.07 Å². The second-order valence-electron chi connectivity index (χ2n) is 4.46. The van der Waals surface area contributed by atoms with Crippen molar-refractivity contribution in [1.29, 1.82) is 0 Å². The van der Waals surface area contributed by atoms with Crippen LogP contribution >= 0.6 is 11.3 Å².